The Bertz CT molecular complexity index is 1410. The van der Waals surface area contributed by atoms with Gasteiger partial charge in [0.05, 0.1) is 16.8 Å². The van der Waals surface area contributed by atoms with E-state index in [9.17, 15) is 13.6 Å². The number of Topliss-reactive ketones (excluding diaryl/α,β-unsaturated/α-hetero) is 1. The van der Waals surface area contributed by atoms with Crippen molar-refractivity contribution >= 4 is 22.5 Å². The Labute approximate surface area is 201 Å². The molecule has 1 saturated heterocycles. The van der Waals surface area contributed by atoms with Crippen molar-refractivity contribution in [2.75, 3.05) is 18.0 Å². The van der Waals surface area contributed by atoms with Crippen LogP contribution in [0.15, 0.2) is 42.6 Å². The molecule has 0 aliphatic carbocycles. The van der Waals surface area contributed by atoms with Crippen LogP contribution >= 0.6 is 0 Å². The normalized spacial score (nSPS) is 15.8. The molecule has 1 fully saturated rings. The van der Waals surface area contributed by atoms with Crippen LogP contribution in [0.5, 0.6) is 0 Å². The van der Waals surface area contributed by atoms with Crippen molar-refractivity contribution in [2.24, 2.45) is 12.8 Å². The van der Waals surface area contributed by atoms with E-state index >= 15 is 0 Å². The molecule has 0 spiro atoms. The van der Waals surface area contributed by atoms with Crippen LogP contribution in [-0.2, 0) is 13.5 Å². The summed E-state index contributed by atoms with van der Waals surface area (Å²) in [6, 6.07) is 9.09. The first-order valence-corrected chi connectivity index (χ1v) is 11.6. The Morgan fingerprint density at radius 3 is 2.66 bits per heavy atom. The number of carbonyl (C=O) groups excluding carboxylic acids is 1. The second-order valence-corrected chi connectivity index (χ2v) is 8.85. The van der Waals surface area contributed by atoms with Gasteiger partial charge >= 0.3 is 0 Å². The number of carbonyl (C=O) groups is 1. The second-order valence-electron chi connectivity index (χ2n) is 8.85. The molecular weight excluding hydrogens is 450 g/mol. The first-order chi connectivity index (χ1) is 16.9. The summed E-state index contributed by atoms with van der Waals surface area (Å²) >= 11 is 0. The molecule has 0 unspecified atom stereocenters. The molecule has 2 aromatic heterocycles. The lowest BCUT2D eigenvalue weighted by atomic mass is 10.0. The number of fused-ring (bicyclic) bond motifs is 1. The SMILES string of the molecule is Cc1nc2c(N3CCC[C@H]3CN)c(CC(=O)c3ccnc(-c4c(F)cccc4F)n3)ccc2n1C. The van der Waals surface area contributed by atoms with E-state index in [0.29, 0.717) is 6.54 Å². The fraction of sp³-hybridized carbons (Fsp3) is 0.308. The highest BCUT2D eigenvalue weighted by Gasteiger charge is 2.29. The third-order valence-corrected chi connectivity index (χ3v) is 6.75. The predicted octanol–water partition coefficient (Wildman–Crippen LogP) is 3.97. The highest BCUT2D eigenvalue weighted by Crippen LogP contribution is 2.36. The van der Waals surface area contributed by atoms with Gasteiger partial charge in [-0.05, 0) is 49.6 Å². The quantitative estimate of drug-likeness (QED) is 0.424. The molecule has 5 rings (SSSR count). The standard InChI is InChI=1S/C26H26F2N6O/c1-15-31-24-21(33(15)2)9-8-16(25(24)34-12-4-5-17(34)14-29)13-22(35)20-10-11-30-26(32-20)23-18(27)6-3-7-19(23)28/h3,6-11,17H,4-5,12-14,29H2,1-2H3/t17-/m0/s1. The number of imidazole rings is 1. The zero-order valence-electron chi connectivity index (χ0n) is 19.6. The van der Waals surface area contributed by atoms with Gasteiger partial charge < -0.3 is 15.2 Å². The number of anilines is 1. The van der Waals surface area contributed by atoms with E-state index in [1.54, 1.807) is 0 Å². The zero-order valence-corrected chi connectivity index (χ0v) is 19.6. The molecule has 0 radical (unpaired) electrons. The van der Waals surface area contributed by atoms with Crippen LogP contribution < -0.4 is 10.6 Å². The molecule has 1 aliphatic heterocycles. The smallest absolute Gasteiger partial charge is 0.185 e. The molecule has 2 N–H and O–H groups in total. The Balaban J connectivity index is 1.55. The fourth-order valence-corrected chi connectivity index (χ4v) is 4.85. The molecule has 2 aromatic carbocycles. The van der Waals surface area contributed by atoms with Gasteiger partial charge in [0.2, 0.25) is 0 Å². The number of hydrogen-bond donors (Lipinski definition) is 1. The van der Waals surface area contributed by atoms with Gasteiger partial charge in [-0.15, -0.1) is 0 Å². The topological polar surface area (TPSA) is 89.9 Å². The van der Waals surface area contributed by atoms with Crippen LogP contribution in [0.3, 0.4) is 0 Å². The first-order valence-electron chi connectivity index (χ1n) is 11.6. The van der Waals surface area contributed by atoms with Gasteiger partial charge in [0.1, 0.15) is 28.7 Å². The fourth-order valence-electron chi connectivity index (χ4n) is 4.85. The van der Waals surface area contributed by atoms with Gasteiger partial charge in [-0.25, -0.2) is 23.7 Å². The van der Waals surface area contributed by atoms with Crippen molar-refractivity contribution in [1.29, 1.82) is 0 Å². The van der Waals surface area contributed by atoms with Gasteiger partial charge in [-0.1, -0.05) is 12.1 Å². The lowest BCUT2D eigenvalue weighted by Crippen LogP contribution is -2.36. The number of hydrogen-bond acceptors (Lipinski definition) is 6. The molecule has 7 nitrogen and oxygen atoms in total. The number of halogens is 2. The minimum Gasteiger partial charge on any atom is -0.365 e. The van der Waals surface area contributed by atoms with Gasteiger partial charge in [0, 0.05) is 38.8 Å². The molecule has 1 aliphatic rings. The molecule has 1 atom stereocenters. The third-order valence-electron chi connectivity index (χ3n) is 6.75. The highest BCUT2D eigenvalue weighted by molar-refractivity contribution is 6.00. The summed E-state index contributed by atoms with van der Waals surface area (Å²) in [5, 5.41) is 0. The van der Waals surface area contributed by atoms with E-state index in [-0.39, 0.29) is 35.3 Å². The predicted molar refractivity (Wildman–Crippen MR) is 130 cm³/mol. The van der Waals surface area contributed by atoms with Gasteiger partial charge in [0.25, 0.3) is 0 Å². The van der Waals surface area contributed by atoms with Gasteiger partial charge in [-0.2, -0.15) is 0 Å². The largest absolute Gasteiger partial charge is 0.365 e. The van der Waals surface area contributed by atoms with Crippen LogP contribution in [0.4, 0.5) is 14.5 Å². The third kappa shape index (κ3) is 4.05. The summed E-state index contributed by atoms with van der Waals surface area (Å²) < 4.78 is 30.6. The maximum atomic E-state index is 14.3. The van der Waals surface area contributed by atoms with Crippen molar-refractivity contribution < 1.29 is 13.6 Å². The molecule has 35 heavy (non-hydrogen) atoms. The van der Waals surface area contributed by atoms with E-state index < -0.39 is 11.6 Å². The number of aryl methyl sites for hydroxylation is 2. The number of benzene rings is 2. The van der Waals surface area contributed by atoms with E-state index in [1.807, 2.05) is 30.7 Å². The second kappa shape index (κ2) is 9.14. The lowest BCUT2D eigenvalue weighted by molar-refractivity contribution is 0.0988. The minimum absolute atomic E-state index is 0.0604. The summed E-state index contributed by atoms with van der Waals surface area (Å²) in [4.78, 5) is 28.6. The maximum absolute atomic E-state index is 14.3. The van der Waals surface area contributed by atoms with E-state index in [4.69, 9.17) is 10.7 Å². The number of nitrogens with zero attached hydrogens (tertiary/aromatic N) is 5. The van der Waals surface area contributed by atoms with Crippen molar-refractivity contribution in [2.45, 2.75) is 32.2 Å². The van der Waals surface area contributed by atoms with Crippen LogP contribution in [0.2, 0.25) is 0 Å². The summed E-state index contributed by atoms with van der Waals surface area (Å²) in [6.45, 7) is 3.30. The Morgan fingerprint density at radius 1 is 1.14 bits per heavy atom. The van der Waals surface area contributed by atoms with E-state index in [0.717, 1.165) is 59.6 Å². The number of rotatable bonds is 6. The Hall–Kier alpha value is -3.72. The van der Waals surface area contributed by atoms with Crippen LogP contribution in [0, 0.1) is 18.6 Å². The zero-order chi connectivity index (χ0) is 24.7. The highest BCUT2D eigenvalue weighted by atomic mass is 19.1. The summed E-state index contributed by atoms with van der Waals surface area (Å²) in [7, 11) is 1.97. The summed E-state index contributed by atoms with van der Waals surface area (Å²) in [5.74, 6) is -1.13. The van der Waals surface area contributed by atoms with Crippen molar-refractivity contribution in [3.8, 4) is 11.4 Å². The van der Waals surface area contributed by atoms with Crippen LogP contribution in [0.1, 0.15) is 34.7 Å². The average Bonchev–Trinajstić information content (AvgIpc) is 3.43. The molecule has 0 saturated carbocycles. The van der Waals surface area contributed by atoms with Crippen molar-refractivity contribution in [3.05, 3.63) is 71.3 Å². The first kappa shape index (κ1) is 23.0. The number of ketones is 1. The van der Waals surface area contributed by atoms with E-state index in [1.165, 1.54) is 18.3 Å². The Morgan fingerprint density at radius 2 is 1.91 bits per heavy atom. The van der Waals surface area contributed by atoms with Crippen LogP contribution in [-0.4, -0.2) is 44.4 Å². The lowest BCUT2D eigenvalue weighted by Gasteiger charge is -2.28. The van der Waals surface area contributed by atoms with Crippen molar-refractivity contribution in [1.82, 2.24) is 19.5 Å². The summed E-state index contributed by atoms with van der Waals surface area (Å²) in [5.41, 5.74) is 9.37. The monoisotopic (exact) mass is 476 g/mol. The molecule has 3 heterocycles. The van der Waals surface area contributed by atoms with Crippen molar-refractivity contribution in [3.63, 3.8) is 0 Å². The molecule has 4 aromatic rings. The molecule has 0 bridgehead atoms. The summed E-state index contributed by atoms with van der Waals surface area (Å²) in [6.07, 6.45) is 3.40. The minimum atomic E-state index is -0.783. The number of nitrogens with two attached hydrogens (primary N) is 1. The molecule has 0 amide bonds. The average molecular weight is 477 g/mol. The molecular formula is C26H26F2N6O. The molecule has 180 valence electrons. The van der Waals surface area contributed by atoms with Crippen LogP contribution in [0.25, 0.3) is 22.4 Å². The molecule has 9 heteroatoms. The van der Waals surface area contributed by atoms with Gasteiger partial charge in [0.15, 0.2) is 11.6 Å². The maximum Gasteiger partial charge on any atom is 0.185 e. The Kier molecular flexibility index (Phi) is 6.02. The number of aromatic nitrogens is 4. The van der Waals surface area contributed by atoms with E-state index in [2.05, 4.69) is 14.9 Å². The van der Waals surface area contributed by atoms with Gasteiger partial charge in [-0.3, -0.25) is 4.79 Å².